The van der Waals surface area contributed by atoms with Gasteiger partial charge in [0.05, 0.1) is 6.54 Å². The van der Waals surface area contributed by atoms with Crippen LogP contribution in [0.3, 0.4) is 0 Å². The van der Waals surface area contributed by atoms with E-state index >= 15 is 0 Å². The monoisotopic (exact) mass is 459 g/mol. The molecule has 0 unspecified atom stereocenters. The second-order valence-electron chi connectivity index (χ2n) is 6.57. The van der Waals surface area contributed by atoms with E-state index < -0.39 is 0 Å². The number of nitrogens with one attached hydrogen (secondary N) is 1. The van der Waals surface area contributed by atoms with Crippen LogP contribution in [-0.4, -0.2) is 22.3 Å². The fourth-order valence-corrected chi connectivity index (χ4v) is 3.70. The van der Waals surface area contributed by atoms with E-state index in [2.05, 4.69) is 10.4 Å². The molecule has 8 heteroatoms. The van der Waals surface area contributed by atoms with Gasteiger partial charge < -0.3 is 10.1 Å². The number of aromatic nitrogens is 2. The van der Waals surface area contributed by atoms with Gasteiger partial charge in [-0.05, 0) is 35.0 Å². The number of hydrogen-bond acceptors (Lipinski definition) is 3. The largest absolute Gasteiger partial charge is 0.484 e. The van der Waals surface area contributed by atoms with E-state index in [-0.39, 0.29) is 18.3 Å². The highest BCUT2D eigenvalue weighted by molar-refractivity contribution is 6.36. The Bertz CT molecular complexity index is 1200. The van der Waals surface area contributed by atoms with E-state index in [1.54, 1.807) is 29.1 Å². The number of carbonyl (C=O) groups is 1. The van der Waals surface area contributed by atoms with Crippen molar-refractivity contribution in [1.29, 1.82) is 0 Å². The number of carbonyl (C=O) groups excluding carboxylic acids is 1. The number of ether oxygens (including phenoxy) is 1. The Balaban J connectivity index is 1.39. The summed E-state index contributed by atoms with van der Waals surface area (Å²) >= 11 is 18.6. The van der Waals surface area contributed by atoms with Gasteiger partial charge in [-0.3, -0.25) is 9.48 Å². The number of fused-ring (bicyclic) bond motifs is 1. The molecule has 5 nitrogen and oxygen atoms in total. The lowest BCUT2D eigenvalue weighted by Crippen LogP contribution is -2.20. The van der Waals surface area contributed by atoms with Gasteiger partial charge in [-0.15, -0.1) is 0 Å². The van der Waals surface area contributed by atoms with Gasteiger partial charge in [0, 0.05) is 21.8 Å². The van der Waals surface area contributed by atoms with Crippen LogP contribution in [0, 0.1) is 0 Å². The quantitative estimate of drug-likeness (QED) is 0.380. The van der Waals surface area contributed by atoms with Gasteiger partial charge in [0.25, 0.3) is 5.91 Å². The van der Waals surface area contributed by atoms with E-state index in [4.69, 9.17) is 39.5 Å². The summed E-state index contributed by atoms with van der Waals surface area (Å²) in [5, 5.41) is 10.5. The van der Waals surface area contributed by atoms with E-state index in [9.17, 15) is 4.79 Å². The van der Waals surface area contributed by atoms with Crippen LogP contribution in [0.5, 0.6) is 5.75 Å². The third-order valence-corrected chi connectivity index (χ3v) is 5.43. The van der Waals surface area contributed by atoms with Gasteiger partial charge in [0.1, 0.15) is 10.8 Å². The highest BCUT2D eigenvalue weighted by Gasteiger charge is 2.13. The number of hydrogen-bond donors (Lipinski definition) is 1. The summed E-state index contributed by atoms with van der Waals surface area (Å²) in [6.45, 7) is 0.152. The highest BCUT2D eigenvalue weighted by atomic mass is 35.5. The topological polar surface area (TPSA) is 56.1 Å². The summed E-state index contributed by atoms with van der Waals surface area (Å²) in [6, 6.07) is 18.8. The van der Waals surface area contributed by atoms with Crippen LogP contribution in [-0.2, 0) is 11.3 Å². The van der Waals surface area contributed by atoms with Gasteiger partial charge >= 0.3 is 0 Å². The molecule has 0 atom stereocenters. The van der Waals surface area contributed by atoms with Crippen LogP contribution < -0.4 is 10.1 Å². The van der Waals surface area contributed by atoms with Crippen LogP contribution in [0.2, 0.25) is 15.1 Å². The van der Waals surface area contributed by atoms with Crippen molar-refractivity contribution in [2.24, 2.45) is 0 Å². The van der Waals surface area contributed by atoms with Gasteiger partial charge in [-0.25, -0.2) is 0 Å². The van der Waals surface area contributed by atoms with Crippen LogP contribution in [0.25, 0.3) is 10.8 Å². The summed E-state index contributed by atoms with van der Waals surface area (Å²) in [5.74, 6) is 0.479. The average Bonchev–Trinajstić information content (AvgIpc) is 3.08. The van der Waals surface area contributed by atoms with Crippen molar-refractivity contribution in [3.8, 4) is 5.75 Å². The van der Waals surface area contributed by atoms with E-state index in [1.807, 2.05) is 42.5 Å². The first-order chi connectivity index (χ1) is 14.5. The molecule has 0 fully saturated rings. The lowest BCUT2D eigenvalue weighted by molar-refractivity contribution is -0.118. The molecule has 30 heavy (non-hydrogen) atoms. The zero-order chi connectivity index (χ0) is 21.1. The average molecular weight is 461 g/mol. The molecular formula is C22H16Cl3N3O2. The molecule has 152 valence electrons. The van der Waals surface area contributed by atoms with Crippen molar-refractivity contribution in [3.05, 3.63) is 87.5 Å². The molecule has 1 aromatic heterocycles. The number of benzene rings is 3. The Morgan fingerprint density at radius 3 is 2.43 bits per heavy atom. The van der Waals surface area contributed by atoms with Crippen molar-refractivity contribution in [3.63, 3.8) is 0 Å². The number of halogens is 3. The van der Waals surface area contributed by atoms with Crippen molar-refractivity contribution in [2.75, 3.05) is 11.9 Å². The molecule has 0 aliphatic carbocycles. The van der Waals surface area contributed by atoms with Crippen LogP contribution in [0.4, 0.5) is 5.82 Å². The molecule has 0 bridgehead atoms. The van der Waals surface area contributed by atoms with Gasteiger partial charge in [-0.1, -0.05) is 71.2 Å². The van der Waals surface area contributed by atoms with Gasteiger partial charge in [0.15, 0.2) is 12.4 Å². The first-order valence-corrected chi connectivity index (χ1v) is 10.2. The lowest BCUT2D eigenvalue weighted by atomic mass is 10.1. The zero-order valence-electron chi connectivity index (χ0n) is 15.6. The van der Waals surface area contributed by atoms with Gasteiger partial charge in [0.2, 0.25) is 0 Å². The molecule has 0 saturated heterocycles. The summed E-state index contributed by atoms with van der Waals surface area (Å²) in [4.78, 5) is 12.3. The minimum atomic E-state index is -0.369. The maximum atomic E-state index is 12.3. The van der Waals surface area contributed by atoms with E-state index in [1.165, 1.54) is 0 Å². The normalized spacial score (nSPS) is 10.9. The van der Waals surface area contributed by atoms with Crippen molar-refractivity contribution >= 4 is 57.3 Å². The Labute approximate surface area is 188 Å². The molecule has 0 radical (unpaired) electrons. The summed E-state index contributed by atoms with van der Waals surface area (Å²) in [7, 11) is 0. The lowest BCUT2D eigenvalue weighted by Gasteiger charge is -2.08. The summed E-state index contributed by atoms with van der Waals surface area (Å²) < 4.78 is 7.16. The second-order valence-corrected chi connectivity index (χ2v) is 7.79. The third kappa shape index (κ3) is 4.70. The molecule has 0 saturated carbocycles. The zero-order valence-corrected chi connectivity index (χ0v) is 17.9. The molecule has 0 aliphatic rings. The Morgan fingerprint density at radius 2 is 1.67 bits per heavy atom. The SMILES string of the molecule is O=C(COc1ccc2ccccc2c1)Nc1nn(Cc2c(Cl)cccc2Cl)cc1Cl. The first-order valence-electron chi connectivity index (χ1n) is 9.07. The second kappa shape index (κ2) is 8.96. The molecule has 1 heterocycles. The summed E-state index contributed by atoms with van der Waals surface area (Å²) in [5.41, 5.74) is 0.720. The highest BCUT2D eigenvalue weighted by Crippen LogP contribution is 2.27. The van der Waals surface area contributed by atoms with E-state index in [0.717, 1.165) is 16.3 Å². The predicted octanol–water partition coefficient (Wildman–Crippen LogP) is 6.06. The van der Waals surface area contributed by atoms with Crippen molar-refractivity contribution < 1.29 is 9.53 Å². The number of amides is 1. The Morgan fingerprint density at radius 1 is 0.933 bits per heavy atom. The Kier molecular flexibility index (Phi) is 6.13. The Hall–Kier alpha value is -2.73. The predicted molar refractivity (Wildman–Crippen MR) is 121 cm³/mol. The van der Waals surface area contributed by atoms with Crippen molar-refractivity contribution in [1.82, 2.24) is 9.78 Å². The minimum Gasteiger partial charge on any atom is -0.484 e. The molecule has 1 N–H and O–H groups in total. The van der Waals surface area contributed by atoms with Crippen LogP contribution >= 0.6 is 34.8 Å². The van der Waals surface area contributed by atoms with Gasteiger partial charge in [-0.2, -0.15) is 5.10 Å². The fourth-order valence-electron chi connectivity index (χ4n) is 2.98. The fraction of sp³-hybridized carbons (Fsp3) is 0.0909. The molecule has 4 rings (SSSR count). The van der Waals surface area contributed by atoms with Crippen LogP contribution in [0.1, 0.15) is 5.56 Å². The number of nitrogens with zero attached hydrogens (tertiary/aromatic N) is 2. The smallest absolute Gasteiger partial charge is 0.263 e. The summed E-state index contributed by atoms with van der Waals surface area (Å²) in [6.07, 6.45) is 1.60. The molecule has 1 amide bonds. The minimum absolute atomic E-state index is 0.169. The molecule has 0 aliphatic heterocycles. The molecule has 4 aromatic rings. The maximum Gasteiger partial charge on any atom is 0.263 e. The number of anilines is 1. The molecular weight excluding hydrogens is 445 g/mol. The molecule has 3 aromatic carbocycles. The maximum absolute atomic E-state index is 12.3. The van der Waals surface area contributed by atoms with Crippen LogP contribution in [0.15, 0.2) is 66.9 Å². The van der Waals surface area contributed by atoms with Crippen molar-refractivity contribution in [2.45, 2.75) is 6.54 Å². The third-order valence-electron chi connectivity index (χ3n) is 4.45. The molecule has 0 spiro atoms. The first kappa shape index (κ1) is 20.5. The van der Waals surface area contributed by atoms with E-state index in [0.29, 0.717) is 27.4 Å². The number of rotatable bonds is 6. The standard InChI is InChI=1S/C22H16Cl3N3O2/c23-18-6-3-7-19(24)17(18)11-28-12-20(25)22(27-28)26-21(29)13-30-16-9-8-14-4-1-2-5-15(14)10-16/h1-10,12H,11,13H2,(H,26,27,29).